The van der Waals surface area contributed by atoms with Crippen LogP contribution >= 0.6 is 0 Å². The SMILES string of the molecule is O=C(NCc1ccc(N2CCCC2=O)cc1)NCc1cnn(-c2ccccc2)c1. The van der Waals surface area contributed by atoms with Crippen LogP contribution in [0.5, 0.6) is 0 Å². The molecule has 0 saturated carbocycles. The molecule has 0 atom stereocenters. The number of carbonyl (C=O) groups excluding carboxylic acids is 2. The highest BCUT2D eigenvalue weighted by molar-refractivity contribution is 5.95. The van der Waals surface area contributed by atoms with Gasteiger partial charge in [-0.2, -0.15) is 5.10 Å². The van der Waals surface area contributed by atoms with Gasteiger partial charge < -0.3 is 15.5 Å². The van der Waals surface area contributed by atoms with Gasteiger partial charge in [-0.15, -0.1) is 0 Å². The van der Waals surface area contributed by atoms with Crippen molar-refractivity contribution in [2.45, 2.75) is 25.9 Å². The Balaban J connectivity index is 1.24. The summed E-state index contributed by atoms with van der Waals surface area (Å²) in [4.78, 5) is 25.7. The highest BCUT2D eigenvalue weighted by Gasteiger charge is 2.21. The third-order valence-corrected chi connectivity index (χ3v) is 4.88. The molecule has 0 radical (unpaired) electrons. The zero-order valence-electron chi connectivity index (χ0n) is 16.0. The van der Waals surface area contributed by atoms with Crippen molar-refractivity contribution < 1.29 is 9.59 Å². The van der Waals surface area contributed by atoms with Gasteiger partial charge in [0.1, 0.15) is 0 Å². The van der Waals surface area contributed by atoms with E-state index in [1.54, 1.807) is 15.8 Å². The van der Waals surface area contributed by atoms with Gasteiger partial charge in [-0.05, 0) is 36.2 Å². The third kappa shape index (κ3) is 4.63. The summed E-state index contributed by atoms with van der Waals surface area (Å²) >= 11 is 0. The van der Waals surface area contributed by atoms with Gasteiger partial charge in [-0.1, -0.05) is 30.3 Å². The van der Waals surface area contributed by atoms with E-state index in [4.69, 9.17) is 0 Å². The number of para-hydroxylation sites is 1. The Hall–Kier alpha value is -3.61. The minimum atomic E-state index is -0.240. The molecule has 2 N–H and O–H groups in total. The number of anilines is 1. The summed E-state index contributed by atoms with van der Waals surface area (Å²) in [5.41, 5.74) is 3.79. The first-order valence-electron chi connectivity index (χ1n) is 9.69. The van der Waals surface area contributed by atoms with Crippen molar-refractivity contribution in [3.8, 4) is 5.69 Å². The van der Waals surface area contributed by atoms with Crippen molar-refractivity contribution in [1.82, 2.24) is 20.4 Å². The predicted octanol–water partition coefficient (Wildman–Crippen LogP) is 3.00. The van der Waals surface area contributed by atoms with Gasteiger partial charge in [0.15, 0.2) is 0 Å². The average molecular weight is 389 g/mol. The zero-order chi connectivity index (χ0) is 20.1. The summed E-state index contributed by atoms with van der Waals surface area (Å²) < 4.78 is 1.78. The summed E-state index contributed by atoms with van der Waals surface area (Å²) in [6.45, 7) is 1.59. The molecule has 1 aromatic heterocycles. The molecule has 1 fully saturated rings. The number of rotatable bonds is 6. The molecule has 1 aliphatic rings. The fraction of sp³-hybridized carbons (Fsp3) is 0.227. The molecule has 0 aliphatic carbocycles. The summed E-state index contributed by atoms with van der Waals surface area (Å²) in [6, 6.07) is 17.3. The number of aromatic nitrogens is 2. The lowest BCUT2D eigenvalue weighted by atomic mass is 10.2. The lowest BCUT2D eigenvalue weighted by molar-refractivity contribution is -0.117. The van der Waals surface area contributed by atoms with Crippen LogP contribution in [0.3, 0.4) is 0 Å². The largest absolute Gasteiger partial charge is 0.334 e. The van der Waals surface area contributed by atoms with E-state index in [0.717, 1.165) is 35.5 Å². The van der Waals surface area contributed by atoms with Gasteiger partial charge in [-0.25, -0.2) is 9.48 Å². The summed E-state index contributed by atoms with van der Waals surface area (Å²) in [6.07, 6.45) is 5.17. The van der Waals surface area contributed by atoms with E-state index in [0.29, 0.717) is 19.5 Å². The monoisotopic (exact) mass is 389 g/mol. The molecule has 7 heteroatoms. The van der Waals surface area contributed by atoms with E-state index in [1.165, 1.54) is 0 Å². The number of hydrogen-bond donors (Lipinski definition) is 2. The van der Waals surface area contributed by atoms with Crippen molar-refractivity contribution in [3.05, 3.63) is 78.1 Å². The number of urea groups is 1. The Morgan fingerprint density at radius 3 is 2.34 bits per heavy atom. The molecule has 1 saturated heterocycles. The van der Waals surface area contributed by atoms with Crippen molar-refractivity contribution in [3.63, 3.8) is 0 Å². The topological polar surface area (TPSA) is 79.3 Å². The number of carbonyl (C=O) groups is 2. The van der Waals surface area contributed by atoms with Crippen molar-refractivity contribution >= 4 is 17.6 Å². The highest BCUT2D eigenvalue weighted by Crippen LogP contribution is 2.21. The Morgan fingerprint density at radius 1 is 0.931 bits per heavy atom. The second-order valence-corrected chi connectivity index (χ2v) is 6.98. The lowest BCUT2D eigenvalue weighted by Gasteiger charge is -2.16. The van der Waals surface area contributed by atoms with Gasteiger partial charge in [-0.3, -0.25) is 4.79 Å². The Labute approximate surface area is 169 Å². The van der Waals surface area contributed by atoms with Crippen LogP contribution in [0.4, 0.5) is 10.5 Å². The minimum absolute atomic E-state index is 0.172. The molecule has 1 aliphatic heterocycles. The van der Waals surface area contributed by atoms with Crippen molar-refractivity contribution in [2.75, 3.05) is 11.4 Å². The van der Waals surface area contributed by atoms with Gasteiger partial charge in [0.25, 0.3) is 0 Å². The van der Waals surface area contributed by atoms with E-state index in [2.05, 4.69) is 15.7 Å². The van der Waals surface area contributed by atoms with Crippen LogP contribution in [-0.2, 0) is 17.9 Å². The van der Waals surface area contributed by atoms with E-state index < -0.39 is 0 Å². The van der Waals surface area contributed by atoms with Crippen LogP contribution in [0, 0.1) is 0 Å². The summed E-state index contributed by atoms with van der Waals surface area (Å²) in [7, 11) is 0. The van der Waals surface area contributed by atoms with E-state index in [1.807, 2.05) is 60.8 Å². The second kappa shape index (κ2) is 8.60. The standard InChI is InChI=1S/C22H23N5O2/c28-21-7-4-12-26(21)19-10-8-17(9-11-19)13-23-22(29)24-14-18-15-25-27(16-18)20-5-2-1-3-6-20/h1-3,5-6,8-11,15-16H,4,7,12-14H2,(H2,23,24,29). The van der Waals surface area contributed by atoms with E-state index >= 15 is 0 Å². The Morgan fingerprint density at radius 2 is 1.66 bits per heavy atom. The number of amides is 3. The van der Waals surface area contributed by atoms with Gasteiger partial charge in [0.2, 0.25) is 5.91 Å². The molecule has 3 amide bonds. The number of nitrogens with one attached hydrogen (secondary N) is 2. The van der Waals surface area contributed by atoms with Crippen LogP contribution in [0.2, 0.25) is 0 Å². The third-order valence-electron chi connectivity index (χ3n) is 4.88. The Bertz CT molecular complexity index is 982. The first kappa shape index (κ1) is 18.7. The molecule has 7 nitrogen and oxygen atoms in total. The maximum Gasteiger partial charge on any atom is 0.315 e. The van der Waals surface area contributed by atoms with E-state index in [9.17, 15) is 9.59 Å². The van der Waals surface area contributed by atoms with Crippen LogP contribution in [0.1, 0.15) is 24.0 Å². The van der Waals surface area contributed by atoms with Crippen molar-refractivity contribution in [2.24, 2.45) is 0 Å². The summed E-state index contributed by atoms with van der Waals surface area (Å²) in [5, 5.41) is 10.0. The fourth-order valence-corrected chi connectivity index (χ4v) is 3.32. The molecule has 0 bridgehead atoms. The van der Waals surface area contributed by atoms with Crippen LogP contribution in [0.15, 0.2) is 67.0 Å². The van der Waals surface area contributed by atoms with Gasteiger partial charge >= 0.3 is 6.03 Å². The molecule has 0 unspecified atom stereocenters. The molecule has 3 aromatic rings. The highest BCUT2D eigenvalue weighted by atomic mass is 16.2. The number of nitrogens with zero attached hydrogens (tertiary/aromatic N) is 3. The maximum absolute atomic E-state index is 12.1. The second-order valence-electron chi connectivity index (χ2n) is 6.98. The fourth-order valence-electron chi connectivity index (χ4n) is 3.32. The summed E-state index contributed by atoms with van der Waals surface area (Å²) in [5.74, 6) is 0.172. The number of hydrogen-bond acceptors (Lipinski definition) is 3. The average Bonchev–Trinajstić information content (AvgIpc) is 3.41. The lowest BCUT2D eigenvalue weighted by Crippen LogP contribution is -2.34. The van der Waals surface area contributed by atoms with Gasteiger partial charge in [0.05, 0.1) is 11.9 Å². The normalized spacial score (nSPS) is 13.5. The molecular formula is C22H23N5O2. The number of benzene rings is 2. The molecule has 0 spiro atoms. The molecule has 2 aromatic carbocycles. The predicted molar refractivity (Wildman–Crippen MR) is 111 cm³/mol. The Kier molecular flexibility index (Phi) is 5.56. The molecular weight excluding hydrogens is 366 g/mol. The first-order valence-corrected chi connectivity index (χ1v) is 9.69. The molecule has 4 rings (SSSR count). The van der Waals surface area contributed by atoms with E-state index in [-0.39, 0.29) is 11.9 Å². The molecule has 2 heterocycles. The van der Waals surface area contributed by atoms with Crippen molar-refractivity contribution in [1.29, 1.82) is 0 Å². The van der Waals surface area contributed by atoms with Crippen LogP contribution < -0.4 is 15.5 Å². The smallest absolute Gasteiger partial charge is 0.315 e. The molecule has 148 valence electrons. The van der Waals surface area contributed by atoms with Gasteiger partial charge in [0, 0.05) is 43.5 Å². The maximum atomic E-state index is 12.1. The first-order chi connectivity index (χ1) is 14.2. The molecule has 29 heavy (non-hydrogen) atoms. The van der Waals surface area contributed by atoms with Crippen LogP contribution in [0.25, 0.3) is 5.69 Å². The van der Waals surface area contributed by atoms with Crippen LogP contribution in [-0.4, -0.2) is 28.3 Å². The zero-order valence-corrected chi connectivity index (χ0v) is 16.0. The quantitative estimate of drug-likeness (QED) is 0.680. The minimum Gasteiger partial charge on any atom is -0.334 e.